The first kappa shape index (κ1) is 15.6. The predicted octanol–water partition coefficient (Wildman–Crippen LogP) is 3.39. The van der Waals surface area contributed by atoms with Gasteiger partial charge in [-0.1, -0.05) is 0 Å². The summed E-state index contributed by atoms with van der Waals surface area (Å²) in [5, 5.41) is 19.6. The van der Waals surface area contributed by atoms with Crippen LogP contribution in [0.3, 0.4) is 0 Å². The van der Waals surface area contributed by atoms with Crippen molar-refractivity contribution in [1.29, 1.82) is 0 Å². The molecule has 1 aliphatic heterocycles. The van der Waals surface area contributed by atoms with Gasteiger partial charge >= 0.3 is 0 Å². The van der Waals surface area contributed by atoms with E-state index in [9.17, 15) is 5.11 Å². The number of aryl methyl sites for hydroxylation is 1. The molecule has 0 aliphatic carbocycles. The van der Waals surface area contributed by atoms with Crippen molar-refractivity contribution in [2.24, 2.45) is 0 Å². The summed E-state index contributed by atoms with van der Waals surface area (Å²) < 4.78 is 5.89. The summed E-state index contributed by atoms with van der Waals surface area (Å²) in [4.78, 5) is 3.60. The van der Waals surface area contributed by atoms with E-state index in [0.717, 1.165) is 36.7 Å². The van der Waals surface area contributed by atoms with E-state index < -0.39 is 0 Å². The Balaban J connectivity index is 1.40. The number of aliphatic hydroxyl groups is 1. The maximum absolute atomic E-state index is 10.6. The summed E-state index contributed by atoms with van der Waals surface area (Å²) >= 11 is 1.76. The first-order valence-corrected chi connectivity index (χ1v) is 9.11. The van der Waals surface area contributed by atoms with Crippen LogP contribution in [0.2, 0.25) is 0 Å². The SMILES string of the molecule is Cc1ccsc1[C@@H]1CCN(Cc2ccc(-c3ccn[nH]3)o2)C[C@H]1O. The lowest BCUT2D eigenvalue weighted by Gasteiger charge is -2.35. The molecule has 0 spiro atoms. The maximum Gasteiger partial charge on any atom is 0.152 e. The van der Waals surface area contributed by atoms with E-state index in [2.05, 4.69) is 33.5 Å². The molecular formula is C18H21N3O2S. The molecule has 4 rings (SSSR count). The van der Waals surface area contributed by atoms with Gasteiger partial charge in [-0.05, 0) is 55.1 Å². The molecule has 1 aliphatic rings. The van der Waals surface area contributed by atoms with Crippen LogP contribution in [0.1, 0.15) is 28.5 Å². The topological polar surface area (TPSA) is 65.3 Å². The Morgan fingerprint density at radius 1 is 1.38 bits per heavy atom. The highest BCUT2D eigenvalue weighted by Crippen LogP contribution is 2.34. The molecule has 4 heterocycles. The molecule has 1 saturated heterocycles. The van der Waals surface area contributed by atoms with Gasteiger partial charge in [0.15, 0.2) is 5.76 Å². The minimum atomic E-state index is -0.321. The maximum atomic E-state index is 10.6. The lowest BCUT2D eigenvalue weighted by molar-refractivity contribution is 0.0456. The number of aromatic nitrogens is 2. The number of rotatable bonds is 4. The minimum absolute atomic E-state index is 0.262. The summed E-state index contributed by atoms with van der Waals surface area (Å²) in [6.45, 7) is 4.51. The molecule has 126 valence electrons. The zero-order valence-electron chi connectivity index (χ0n) is 13.6. The van der Waals surface area contributed by atoms with E-state index >= 15 is 0 Å². The number of nitrogens with zero attached hydrogens (tertiary/aromatic N) is 2. The number of likely N-dealkylation sites (tertiary alicyclic amines) is 1. The normalized spacial score (nSPS) is 22.1. The first-order chi connectivity index (χ1) is 11.7. The second-order valence-electron chi connectivity index (χ2n) is 6.40. The third kappa shape index (κ3) is 3.05. The van der Waals surface area contributed by atoms with Gasteiger partial charge in [-0.25, -0.2) is 0 Å². The Bertz CT molecular complexity index is 793. The Morgan fingerprint density at radius 3 is 3.00 bits per heavy atom. The number of hydrogen-bond donors (Lipinski definition) is 2. The summed E-state index contributed by atoms with van der Waals surface area (Å²) in [5.41, 5.74) is 2.18. The molecule has 2 N–H and O–H groups in total. The lowest BCUT2D eigenvalue weighted by atomic mass is 9.90. The van der Waals surface area contributed by atoms with Crippen molar-refractivity contribution in [3.05, 3.63) is 52.0 Å². The summed E-state index contributed by atoms with van der Waals surface area (Å²) in [5.74, 6) is 1.98. The molecule has 0 amide bonds. The molecule has 3 aromatic rings. The zero-order valence-corrected chi connectivity index (χ0v) is 14.4. The summed E-state index contributed by atoms with van der Waals surface area (Å²) in [7, 11) is 0. The standard InChI is InChI=1S/C18H21N3O2S/c1-12-6-9-24-18(12)14-5-8-21(11-16(14)22)10-13-2-3-17(23-13)15-4-7-19-20-15/h2-4,6-7,9,14,16,22H,5,8,10-11H2,1H3,(H,19,20)/t14-,16-/m1/s1. The van der Waals surface area contributed by atoms with Gasteiger partial charge in [-0.3, -0.25) is 10.00 Å². The van der Waals surface area contributed by atoms with Crippen LogP contribution in [0.25, 0.3) is 11.5 Å². The average Bonchev–Trinajstić information content (AvgIpc) is 3.29. The van der Waals surface area contributed by atoms with Crippen molar-refractivity contribution >= 4 is 11.3 Å². The molecule has 0 aromatic carbocycles. The Morgan fingerprint density at radius 2 is 2.29 bits per heavy atom. The van der Waals surface area contributed by atoms with Crippen LogP contribution in [0.4, 0.5) is 0 Å². The third-order valence-corrected chi connectivity index (χ3v) is 5.86. The fourth-order valence-electron chi connectivity index (χ4n) is 3.43. The first-order valence-electron chi connectivity index (χ1n) is 8.23. The van der Waals surface area contributed by atoms with Crippen molar-refractivity contribution in [2.45, 2.75) is 31.9 Å². The van der Waals surface area contributed by atoms with Gasteiger partial charge in [0.25, 0.3) is 0 Å². The van der Waals surface area contributed by atoms with Crippen LogP contribution in [0.5, 0.6) is 0 Å². The number of furan rings is 1. The number of hydrogen-bond acceptors (Lipinski definition) is 5. The zero-order chi connectivity index (χ0) is 16.5. The van der Waals surface area contributed by atoms with E-state index in [1.165, 1.54) is 10.4 Å². The minimum Gasteiger partial charge on any atom is -0.458 e. The lowest BCUT2D eigenvalue weighted by Crippen LogP contribution is -2.42. The third-order valence-electron chi connectivity index (χ3n) is 4.71. The second kappa shape index (κ2) is 6.55. The van der Waals surface area contributed by atoms with Crippen molar-refractivity contribution in [2.75, 3.05) is 13.1 Å². The molecule has 6 heteroatoms. The van der Waals surface area contributed by atoms with Gasteiger partial charge in [-0.2, -0.15) is 5.10 Å². The summed E-state index contributed by atoms with van der Waals surface area (Å²) in [6.07, 6.45) is 2.38. The molecule has 0 unspecified atom stereocenters. The number of nitrogens with one attached hydrogen (secondary N) is 1. The van der Waals surface area contributed by atoms with E-state index in [1.807, 2.05) is 18.2 Å². The Labute approximate surface area is 144 Å². The van der Waals surface area contributed by atoms with Crippen LogP contribution in [-0.4, -0.2) is 39.4 Å². The molecule has 0 radical (unpaired) electrons. The van der Waals surface area contributed by atoms with Gasteiger partial charge in [0, 0.05) is 23.5 Å². The molecule has 0 bridgehead atoms. The number of H-pyrrole nitrogens is 1. The fraction of sp³-hybridized carbons (Fsp3) is 0.389. The number of β-amino-alcohol motifs (C(OH)–C–C–N with tert-alkyl or cyclic N) is 1. The molecular weight excluding hydrogens is 322 g/mol. The number of aliphatic hydroxyl groups excluding tert-OH is 1. The highest BCUT2D eigenvalue weighted by atomic mass is 32.1. The Hall–Kier alpha value is -1.89. The van der Waals surface area contributed by atoms with E-state index in [4.69, 9.17) is 4.42 Å². The molecule has 5 nitrogen and oxygen atoms in total. The van der Waals surface area contributed by atoms with Gasteiger partial charge in [0.1, 0.15) is 11.5 Å². The van der Waals surface area contributed by atoms with Crippen LogP contribution in [0.15, 0.2) is 40.3 Å². The van der Waals surface area contributed by atoms with Crippen molar-refractivity contribution in [3.8, 4) is 11.5 Å². The van der Waals surface area contributed by atoms with E-state index in [1.54, 1.807) is 17.5 Å². The number of piperidine rings is 1. The number of aromatic amines is 1. The van der Waals surface area contributed by atoms with Gasteiger partial charge in [0.05, 0.1) is 12.6 Å². The fourth-order valence-corrected chi connectivity index (χ4v) is 4.55. The van der Waals surface area contributed by atoms with Gasteiger partial charge < -0.3 is 9.52 Å². The van der Waals surface area contributed by atoms with Crippen molar-refractivity contribution < 1.29 is 9.52 Å². The second-order valence-corrected chi connectivity index (χ2v) is 7.35. The smallest absolute Gasteiger partial charge is 0.152 e. The van der Waals surface area contributed by atoms with Crippen LogP contribution in [0, 0.1) is 6.92 Å². The van der Waals surface area contributed by atoms with Crippen LogP contribution in [-0.2, 0) is 6.54 Å². The van der Waals surface area contributed by atoms with Crippen molar-refractivity contribution in [3.63, 3.8) is 0 Å². The van der Waals surface area contributed by atoms with Gasteiger partial charge in [-0.15, -0.1) is 11.3 Å². The molecule has 24 heavy (non-hydrogen) atoms. The van der Waals surface area contributed by atoms with Gasteiger partial charge in [0.2, 0.25) is 0 Å². The largest absolute Gasteiger partial charge is 0.458 e. The van der Waals surface area contributed by atoms with Crippen molar-refractivity contribution in [1.82, 2.24) is 15.1 Å². The predicted molar refractivity (Wildman–Crippen MR) is 94.0 cm³/mol. The quantitative estimate of drug-likeness (QED) is 0.762. The molecule has 1 fully saturated rings. The highest BCUT2D eigenvalue weighted by Gasteiger charge is 2.30. The molecule has 0 saturated carbocycles. The van der Waals surface area contributed by atoms with E-state index in [-0.39, 0.29) is 12.0 Å². The van der Waals surface area contributed by atoms with E-state index in [0.29, 0.717) is 6.54 Å². The average molecular weight is 343 g/mol. The van der Waals surface area contributed by atoms with Crippen LogP contribution < -0.4 is 0 Å². The highest BCUT2D eigenvalue weighted by molar-refractivity contribution is 7.10. The number of thiophene rings is 1. The monoisotopic (exact) mass is 343 g/mol. The molecule has 3 aromatic heterocycles. The molecule has 2 atom stereocenters. The van der Waals surface area contributed by atoms with Crippen LogP contribution >= 0.6 is 11.3 Å². The Kier molecular flexibility index (Phi) is 4.26. The summed E-state index contributed by atoms with van der Waals surface area (Å²) in [6, 6.07) is 7.99.